The average Bonchev–Trinajstić information content (AvgIpc) is 3.08. The van der Waals surface area contributed by atoms with Gasteiger partial charge in [-0.2, -0.15) is 0 Å². The van der Waals surface area contributed by atoms with E-state index in [0.29, 0.717) is 24.1 Å². The number of urea groups is 1. The first kappa shape index (κ1) is 18.4. The number of rotatable bonds is 5. The lowest BCUT2D eigenvalue weighted by molar-refractivity contribution is 0.0654. The Kier molecular flexibility index (Phi) is 4.99. The first-order valence-electron chi connectivity index (χ1n) is 8.54. The van der Waals surface area contributed by atoms with Gasteiger partial charge in [-0.15, -0.1) is 0 Å². The van der Waals surface area contributed by atoms with E-state index in [0.717, 1.165) is 4.90 Å². The van der Waals surface area contributed by atoms with E-state index in [1.165, 1.54) is 4.90 Å². The number of sulfone groups is 1. The van der Waals surface area contributed by atoms with E-state index in [2.05, 4.69) is 5.32 Å². The average molecular weight is 379 g/mol. The van der Waals surface area contributed by atoms with Gasteiger partial charge in [-0.3, -0.25) is 14.5 Å². The highest BCUT2D eigenvalue weighted by atomic mass is 32.2. The van der Waals surface area contributed by atoms with Gasteiger partial charge in [0.25, 0.3) is 11.8 Å². The molecule has 1 unspecified atom stereocenters. The number of hydrogen-bond acceptors (Lipinski definition) is 5. The fourth-order valence-electron chi connectivity index (χ4n) is 3.41. The Morgan fingerprint density at radius 1 is 1.23 bits per heavy atom. The molecule has 8 nitrogen and oxygen atoms in total. The van der Waals surface area contributed by atoms with Crippen molar-refractivity contribution in [2.75, 3.05) is 31.1 Å². The Morgan fingerprint density at radius 3 is 2.35 bits per heavy atom. The van der Waals surface area contributed by atoms with E-state index in [-0.39, 0.29) is 48.5 Å². The zero-order valence-corrected chi connectivity index (χ0v) is 15.3. The summed E-state index contributed by atoms with van der Waals surface area (Å²) in [6, 6.07) is 5.89. The Hall–Kier alpha value is -2.42. The Labute approximate surface area is 152 Å². The van der Waals surface area contributed by atoms with Crippen molar-refractivity contribution < 1.29 is 22.8 Å². The maximum absolute atomic E-state index is 12.4. The van der Waals surface area contributed by atoms with Crippen LogP contribution in [0.2, 0.25) is 0 Å². The third-order valence-electron chi connectivity index (χ3n) is 4.74. The van der Waals surface area contributed by atoms with E-state index in [4.69, 9.17) is 0 Å². The molecule has 1 N–H and O–H groups in total. The molecule has 2 heterocycles. The number of nitrogens with zero attached hydrogens (tertiary/aromatic N) is 2. The second kappa shape index (κ2) is 7.06. The Bertz CT molecular complexity index is 817. The first-order chi connectivity index (χ1) is 12.3. The number of carbonyl (C=O) groups excluding carboxylic acids is 3. The summed E-state index contributed by atoms with van der Waals surface area (Å²) in [5, 5.41) is 2.68. The number of amides is 4. The molecule has 0 radical (unpaired) electrons. The van der Waals surface area contributed by atoms with Crippen LogP contribution in [0.1, 0.15) is 34.1 Å². The van der Waals surface area contributed by atoms with Crippen molar-refractivity contribution in [1.29, 1.82) is 0 Å². The number of imide groups is 1. The minimum Gasteiger partial charge on any atom is -0.336 e. The topological polar surface area (TPSA) is 104 Å². The van der Waals surface area contributed by atoms with Gasteiger partial charge in [-0.1, -0.05) is 12.1 Å². The van der Waals surface area contributed by atoms with Gasteiger partial charge in [0.05, 0.1) is 22.6 Å². The summed E-state index contributed by atoms with van der Waals surface area (Å²) in [4.78, 5) is 39.5. The van der Waals surface area contributed by atoms with Crippen LogP contribution in [0.25, 0.3) is 0 Å². The van der Waals surface area contributed by atoms with Crippen molar-refractivity contribution in [2.24, 2.45) is 0 Å². The SMILES string of the molecule is CCN(C(=O)NCCN1C(=O)c2ccccc2C1=O)C1CCS(=O)(=O)C1. The summed E-state index contributed by atoms with van der Waals surface area (Å²) < 4.78 is 23.2. The lowest BCUT2D eigenvalue weighted by Crippen LogP contribution is -2.48. The summed E-state index contributed by atoms with van der Waals surface area (Å²) in [5.74, 6) is -0.661. The van der Waals surface area contributed by atoms with Crippen LogP contribution < -0.4 is 5.32 Å². The highest BCUT2D eigenvalue weighted by Gasteiger charge is 2.36. The Morgan fingerprint density at radius 2 is 1.85 bits per heavy atom. The molecular weight excluding hydrogens is 358 g/mol. The molecule has 26 heavy (non-hydrogen) atoms. The number of hydrogen-bond donors (Lipinski definition) is 1. The van der Waals surface area contributed by atoms with Gasteiger partial charge in [0.2, 0.25) is 0 Å². The monoisotopic (exact) mass is 379 g/mol. The molecule has 0 aliphatic carbocycles. The van der Waals surface area contributed by atoms with Crippen LogP contribution >= 0.6 is 0 Å². The van der Waals surface area contributed by atoms with Crippen LogP contribution in [0.4, 0.5) is 4.79 Å². The standard InChI is InChI=1S/C17H21N3O5S/c1-2-19(12-7-10-26(24,25)11-12)17(23)18-8-9-20-15(21)13-5-3-4-6-14(13)16(20)22/h3-6,12H,2,7-11H2,1H3,(H,18,23). The van der Waals surface area contributed by atoms with Gasteiger partial charge in [0, 0.05) is 25.7 Å². The van der Waals surface area contributed by atoms with Gasteiger partial charge < -0.3 is 10.2 Å². The molecule has 1 fully saturated rings. The highest BCUT2D eigenvalue weighted by Crippen LogP contribution is 2.22. The molecule has 2 aliphatic rings. The molecule has 1 aromatic carbocycles. The predicted octanol–water partition coefficient (Wildman–Crippen LogP) is 0.501. The van der Waals surface area contributed by atoms with Crippen molar-refractivity contribution in [3.05, 3.63) is 35.4 Å². The van der Waals surface area contributed by atoms with Crippen molar-refractivity contribution in [1.82, 2.24) is 15.1 Å². The van der Waals surface area contributed by atoms with Crippen LogP contribution in [-0.2, 0) is 9.84 Å². The minimum absolute atomic E-state index is 0.0212. The fraction of sp³-hybridized carbons (Fsp3) is 0.471. The zero-order chi connectivity index (χ0) is 18.9. The van der Waals surface area contributed by atoms with E-state index in [1.807, 2.05) is 0 Å². The van der Waals surface area contributed by atoms with Gasteiger partial charge in [0.1, 0.15) is 0 Å². The van der Waals surface area contributed by atoms with E-state index < -0.39 is 9.84 Å². The van der Waals surface area contributed by atoms with Crippen LogP contribution in [0.5, 0.6) is 0 Å². The first-order valence-corrected chi connectivity index (χ1v) is 10.4. The number of fused-ring (bicyclic) bond motifs is 1. The lowest BCUT2D eigenvalue weighted by atomic mass is 10.1. The second-order valence-electron chi connectivity index (χ2n) is 6.38. The van der Waals surface area contributed by atoms with Crippen molar-refractivity contribution in [3.8, 4) is 0 Å². The summed E-state index contributed by atoms with van der Waals surface area (Å²) in [6.07, 6.45) is 0.433. The molecule has 9 heteroatoms. The third kappa shape index (κ3) is 3.44. The smallest absolute Gasteiger partial charge is 0.317 e. The molecule has 0 bridgehead atoms. The number of benzene rings is 1. The molecule has 1 atom stereocenters. The van der Waals surface area contributed by atoms with Crippen molar-refractivity contribution in [3.63, 3.8) is 0 Å². The van der Waals surface area contributed by atoms with Crippen LogP contribution in [0.3, 0.4) is 0 Å². The fourth-order valence-corrected chi connectivity index (χ4v) is 5.14. The minimum atomic E-state index is -3.08. The molecule has 2 aliphatic heterocycles. The molecule has 3 rings (SSSR count). The Balaban J connectivity index is 1.56. The number of carbonyl (C=O) groups is 3. The molecule has 4 amide bonds. The van der Waals surface area contributed by atoms with E-state index in [1.54, 1.807) is 31.2 Å². The molecule has 140 valence electrons. The second-order valence-corrected chi connectivity index (χ2v) is 8.61. The van der Waals surface area contributed by atoms with Gasteiger partial charge >= 0.3 is 6.03 Å². The molecule has 1 aromatic rings. The summed E-state index contributed by atoms with van der Waals surface area (Å²) >= 11 is 0. The molecule has 1 saturated heterocycles. The number of nitrogens with one attached hydrogen (secondary N) is 1. The maximum Gasteiger partial charge on any atom is 0.317 e. The van der Waals surface area contributed by atoms with Crippen LogP contribution in [0, 0.1) is 0 Å². The summed E-state index contributed by atoms with van der Waals surface area (Å²) in [6.45, 7) is 2.35. The van der Waals surface area contributed by atoms with Crippen molar-refractivity contribution >= 4 is 27.7 Å². The summed E-state index contributed by atoms with van der Waals surface area (Å²) in [7, 11) is -3.08. The maximum atomic E-state index is 12.4. The highest BCUT2D eigenvalue weighted by molar-refractivity contribution is 7.91. The third-order valence-corrected chi connectivity index (χ3v) is 6.49. The lowest BCUT2D eigenvalue weighted by Gasteiger charge is -2.27. The van der Waals surface area contributed by atoms with Gasteiger partial charge in [-0.25, -0.2) is 13.2 Å². The zero-order valence-electron chi connectivity index (χ0n) is 14.5. The molecule has 0 saturated carbocycles. The van der Waals surface area contributed by atoms with Crippen molar-refractivity contribution in [2.45, 2.75) is 19.4 Å². The largest absolute Gasteiger partial charge is 0.336 e. The van der Waals surface area contributed by atoms with Gasteiger partial charge in [-0.05, 0) is 25.5 Å². The normalized spacial score (nSPS) is 21.0. The van der Waals surface area contributed by atoms with Crippen LogP contribution in [0.15, 0.2) is 24.3 Å². The van der Waals surface area contributed by atoms with E-state index >= 15 is 0 Å². The van der Waals surface area contributed by atoms with Gasteiger partial charge in [0.15, 0.2) is 9.84 Å². The quantitative estimate of drug-likeness (QED) is 0.751. The predicted molar refractivity (Wildman–Crippen MR) is 94.6 cm³/mol. The van der Waals surface area contributed by atoms with Crippen LogP contribution in [-0.4, -0.2) is 73.2 Å². The van der Waals surface area contributed by atoms with E-state index in [9.17, 15) is 22.8 Å². The summed E-state index contributed by atoms with van der Waals surface area (Å²) in [5.41, 5.74) is 0.741. The molecule has 0 aromatic heterocycles. The molecular formula is C17H21N3O5S. The molecule has 0 spiro atoms.